The number of nitrogens with zero attached hydrogens (tertiary/aromatic N) is 2. The molecule has 0 amide bonds. The molecule has 0 saturated carbocycles. The first-order valence-electron chi connectivity index (χ1n) is 8.13. The molecular formula is C17H20N2O4S. The van der Waals surface area contributed by atoms with Crippen LogP contribution in [0.3, 0.4) is 0 Å². The molecule has 24 heavy (non-hydrogen) atoms. The Kier molecular flexibility index (Phi) is 4.07. The predicted molar refractivity (Wildman–Crippen MR) is 88.4 cm³/mol. The van der Waals surface area contributed by atoms with E-state index < -0.39 is 10.0 Å². The molecule has 0 unspecified atom stereocenters. The van der Waals surface area contributed by atoms with Crippen molar-refractivity contribution in [3.63, 3.8) is 0 Å². The van der Waals surface area contributed by atoms with Gasteiger partial charge in [0.2, 0.25) is 10.0 Å². The van der Waals surface area contributed by atoms with E-state index in [9.17, 15) is 8.42 Å². The SMILES string of the molecule is O=S(=O)(c1ccc2c(c1)CCO2)N1CCN(Cc2ccco2)CC1. The fraction of sp³-hybridized carbons (Fsp3) is 0.412. The number of sulfonamides is 1. The Bertz CT molecular complexity index is 809. The molecule has 0 atom stereocenters. The highest BCUT2D eigenvalue weighted by Gasteiger charge is 2.29. The third kappa shape index (κ3) is 2.94. The molecule has 1 saturated heterocycles. The summed E-state index contributed by atoms with van der Waals surface area (Å²) in [5.41, 5.74) is 0.979. The Balaban J connectivity index is 1.44. The fourth-order valence-electron chi connectivity index (χ4n) is 3.22. The maximum absolute atomic E-state index is 12.9. The molecule has 2 aromatic rings. The standard InChI is InChI=1S/C17H20N2O4S/c20-24(21,16-3-4-17-14(12-16)5-11-23-17)19-8-6-18(7-9-19)13-15-2-1-10-22-15/h1-4,10,12H,5-9,11,13H2. The van der Waals surface area contributed by atoms with E-state index in [1.54, 1.807) is 28.8 Å². The summed E-state index contributed by atoms with van der Waals surface area (Å²) in [5.74, 6) is 1.71. The molecular weight excluding hydrogens is 328 g/mol. The smallest absolute Gasteiger partial charge is 0.243 e. The van der Waals surface area contributed by atoms with Gasteiger partial charge in [0.1, 0.15) is 11.5 Å². The summed E-state index contributed by atoms with van der Waals surface area (Å²) >= 11 is 0. The van der Waals surface area contributed by atoms with E-state index in [2.05, 4.69) is 4.90 Å². The van der Waals surface area contributed by atoms with Crippen molar-refractivity contribution in [1.29, 1.82) is 0 Å². The van der Waals surface area contributed by atoms with E-state index in [1.807, 2.05) is 12.1 Å². The van der Waals surface area contributed by atoms with Gasteiger partial charge in [0.25, 0.3) is 0 Å². The quantitative estimate of drug-likeness (QED) is 0.842. The van der Waals surface area contributed by atoms with Crippen LogP contribution >= 0.6 is 0 Å². The summed E-state index contributed by atoms with van der Waals surface area (Å²) in [6.07, 6.45) is 2.43. The summed E-state index contributed by atoms with van der Waals surface area (Å²) in [7, 11) is -3.44. The van der Waals surface area contributed by atoms with Crippen LogP contribution in [0.25, 0.3) is 0 Å². The maximum Gasteiger partial charge on any atom is 0.243 e. The first-order valence-corrected chi connectivity index (χ1v) is 9.57. The summed E-state index contributed by atoms with van der Waals surface area (Å²) in [6.45, 7) is 3.75. The van der Waals surface area contributed by atoms with Gasteiger partial charge in [-0.15, -0.1) is 0 Å². The molecule has 0 N–H and O–H groups in total. The molecule has 2 aliphatic heterocycles. The Morgan fingerprint density at radius 1 is 1.08 bits per heavy atom. The van der Waals surface area contributed by atoms with Gasteiger partial charge in [0, 0.05) is 32.6 Å². The van der Waals surface area contributed by atoms with Crippen LogP contribution in [-0.2, 0) is 23.0 Å². The second kappa shape index (κ2) is 6.23. The zero-order chi connectivity index (χ0) is 16.6. The van der Waals surface area contributed by atoms with Crippen molar-refractivity contribution < 1.29 is 17.6 Å². The van der Waals surface area contributed by atoms with Crippen molar-refractivity contribution in [1.82, 2.24) is 9.21 Å². The molecule has 4 rings (SSSR count). The highest BCUT2D eigenvalue weighted by molar-refractivity contribution is 7.89. The number of rotatable bonds is 4. The number of hydrogen-bond donors (Lipinski definition) is 0. The minimum atomic E-state index is -3.44. The molecule has 6 nitrogen and oxygen atoms in total. The molecule has 0 radical (unpaired) electrons. The largest absolute Gasteiger partial charge is 0.493 e. The molecule has 0 bridgehead atoms. The van der Waals surface area contributed by atoms with Gasteiger partial charge in [-0.2, -0.15) is 4.31 Å². The first kappa shape index (κ1) is 15.7. The second-order valence-corrected chi connectivity index (χ2v) is 8.07. The second-order valence-electron chi connectivity index (χ2n) is 6.13. The van der Waals surface area contributed by atoms with E-state index in [-0.39, 0.29) is 0 Å². The molecule has 0 spiro atoms. The van der Waals surface area contributed by atoms with E-state index in [0.717, 1.165) is 30.0 Å². The van der Waals surface area contributed by atoms with Gasteiger partial charge >= 0.3 is 0 Å². The van der Waals surface area contributed by atoms with E-state index >= 15 is 0 Å². The zero-order valence-electron chi connectivity index (χ0n) is 13.3. The number of furan rings is 1. The number of hydrogen-bond acceptors (Lipinski definition) is 5. The zero-order valence-corrected chi connectivity index (χ0v) is 14.2. The number of ether oxygens (including phenoxy) is 1. The minimum Gasteiger partial charge on any atom is -0.493 e. The molecule has 128 valence electrons. The number of piperazine rings is 1. The maximum atomic E-state index is 12.9. The summed E-state index contributed by atoms with van der Waals surface area (Å²) in [6, 6.07) is 8.98. The minimum absolute atomic E-state index is 0.367. The van der Waals surface area contributed by atoms with Gasteiger partial charge in [-0.3, -0.25) is 4.90 Å². The molecule has 3 heterocycles. The lowest BCUT2D eigenvalue weighted by Crippen LogP contribution is -2.48. The van der Waals surface area contributed by atoms with E-state index in [4.69, 9.17) is 9.15 Å². The monoisotopic (exact) mass is 348 g/mol. The Morgan fingerprint density at radius 3 is 2.67 bits per heavy atom. The van der Waals surface area contributed by atoms with Crippen LogP contribution in [0.5, 0.6) is 5.75 Å². The fourth-order valence-corrected chi connectivity index (χ4v) is 4.70. The van der Waals surface area contributed by atoms with E-state index in [1.165, 1.54) is 0 Å². The molecule has 0 aliphatic carbocycles. The normalized spacial score (nSPS) is 19.2. The van der Waals surface area contributed by atoms with Crippen LogP contribution in [0, 0.1) is 0 Å². The van der Waals surface area contributed by atoms with Crippen molar-refractivity contribution in [2.45, 2.75) is 17.9 Å². The van der Waals surface area contributed by atoms with Gasteiger partial charge < -0.3 is 9.15 Å². The van der Waals surface area contributed by atoms with Gasteiger partial charge in [-0.25, -0.2) is 8.42 Å². The predicted octanol–water partition coefficient (Wildman–Crippen LogP) is 1.72. The van der Waals surface area contributed by atoms with Crippen LogP contribution in [-0.4, -0.2) is 50.4 Å². The molecule has 1 fully saturated rings. The average molecular weight is 348 g/mol. The lowest BCUT2D eigenvalue weighted by Gasteiger charge is -2.33. The average Bonchev–Trinajstić information content (AvgIpc) is 3.25. The van der Waals surface area contributed by atoms with Crippen LogP contribution in [0.2, 0.25) is 0 Å². The number of fused-ring (bicyclic) bond motifs is 1. The number of benzene rings is 1. The summed E-state index contributed by atoms with van der Waals surface area (Å²) < 4.78 is 38.1. The van der Waals surface area contributed by atoms with Crippen LogP contribution < -0.4 is 4.74 Å². The molecule has 7 heteroatoms. The highest BCUT2D eigenvalue weighted by Crippen LogP contribution is 2.29. The third-order valence-corrected chi connectivity index (χ3v) is 6.48. The first-order chi connectivity index (χ1) is 11.6. The van der Waals surface area contributed by atoms with Gasteiger partial charge in [0.15, 0.2) is 0 Å². The molecule has 2 aliphatic rings. The van der Waals surface area contributed by atoms with Crippen LogP contribution in [0.15, 0.2) is 45.9 Å². The lowest BCUT2D eigenvalue weighted by molar-refractivity contribution is 0.171. The van der Waals surface area contributed by atoms with Gasteiger partial charge in [-0.1, -0.05) is 0 Å². The molecule has 1 aromatic heterocycles. The third-order valence-electron chi connectivity index (χ3n) is 4.59. The lowest BCUT2D eigenvalue weighted by atomic mass is 10.2. The van der Waals surface area contributed by atoms with E-state index in [0.29, 0.717) is 37.7 Å². The van der Waals surface area contributed by atoms with Crippen LogP contribution in [0.1, 0.15) is 11.3 Å². The van der Waals surface area contributed by atoms with Crippen molar-refractivity contribution in [2.24, 2.45) is 0 Å². The summed E-state index contributed by atoms with van der Waals surface area (Å²) in [5, 5.41) is 0. The topological polar surface area (TPSA) is 63.0 Å². The molecule has 1 aromatic carbocycles. The Labute approximate surface area is 141 Å². The Hall–Kier alpha value is -1.83. The van der Waals surface area contributed by atoms with Gasteiger partial charge in [0.05, 0.1) is 24.3 Å². The highest BCUT2D eigenvalue weighted by atomic mass is 32.2. The van der Waals surface area contributed by atoms with Crippen molar-refractivity contribution in [3.8, 4) is 5.75 Å². The van der Waals surface area contributed by atoms with Crippen molar-refractivity contribution in [3.05, 3.63) is 47.9 Å². The van der Waals surface area contributed by atoms with Crippen molar-refractivity contribution in [2.75, 3.05) is 32.8 Å². The summed E-state index contributed by atoms with van der Waals surface area (Å²) in [4.78, 5) is 2.58. The van der Waals surface area contributed by atoms with Crippen molar-refractivity contribution >= 4 is 10.0 Å². The van der Waals surface area contributed by atoms with Crippen LogP contribution in [0.4, 0.5) is 0 Å². The van der Waals surface area contributed by atoms with Gasteiger partial charge in [-0.05, 0) is 35.9 Å². The Morgan fingerprint density at radius 2 is 1.92 bits per heavy atom.